The van der Waals surface area contributed by atoms with Crippen molar-refractivity contribution in [1.29, 1.82) is 0 Å². The van der Waals surface area contributed by atoms with Gasteiger partial charge in [0.05, 0.1) is 85.9 Å². The topological polar surface area (TPSA) is 87.7 Å². The number of nitrogens with zero attached hydrogens (tertiary/aromatic N) is 1. The fraction of sp³-hybridized carbons (Fsp3) is 0.938. The molecule has 1 amide bonds. The first-order valence-electron chi connectivity index (χ1n) is 8.69. The normalized spacial score (nSPS) is 15.0. The van der Waals surface area contributed by atoms with Gasteiger partial charge in [0.15, 0.2) is 0 Å². The molecule has 0 aromatic heterocycles. The van der Waals surface area contributed by atoms with Crippen molar-refractivity contribution in [3.8, 4) is 0 Å². The van der Waals surface area contributed by atoms with Gasteiger partial charge in [-0.3, -0.25) is 9.69 Å². The van der Waals surface area contributed by atoms with E-state index in [4.69, 9.17) is 28.4 Å². The second-order valence-corrected chi connectivity index (χ2v) is 5.37. The van der Waals surface area contributed by atoms with Crippen molar-refractivity contribution in [3.05, 3.63) is 0 Å². The smallest absolute Gasteiger partial charge is 0.235 e. The highest BCUT2D eigenvalue weighted by Gasteiger charge is 2.17. The first-order chi connectivity index (χ1) is 12.3. The highest BCUT2D eigenvalue weighted by Crippen LogP contribution is 1.93. The van der Waals surface area contributed by atoms with Gasteiger partial charge in [-0.15, -0.1) is 0 Å². The van der Waals surface area contributed by atoms with Crippen LogP contribution < -0.4 is 5.32 Å². The molecule has 0 aromatic carbocycles. The van der Waals surface area contributed by atoms with Gasteiger partial charge in [-0.2, -0.15) is 0 Å². The van der Waals surface area contributed by atoms with Gasteiger partial charge < -0.3 is 33.7 Å². The Morgan fingerprint density at radius 3 is 1.60 bits per heavy atom. The highest BCUT2D eigenvalue weighted by atomic mass is 16.6. The standard InChI is InChI=1S/C16H32N2O7/c1-20-4-5-22-8-9-24-12-13-25-11-10-23-7-6-21-3-2-18-14-16(19)17-15-18/h2-15H2,1H3,(H,17,19). The van der Waals surface area contributed by atoms with Crippen molar-refractivity contribution in [3.63, 3.8) is 0 Å². The molecule has 25 heavy (non-hydrogen) atoms. The number of methoxy groups -OCH3 is 1. The van der Waals surface area contributed by atoms with Crippen LogP contribution in [0.1, 0.15) is 0 Å². The van der Waals surface area contributed by atoms with E-state index < -0.39 is 0 Å². The molecule has 1 N–H and O–H groups in total. The van der Waals surface area contributed by atoms with Gasteiger partial charge in [0.2, 0.25) is 5.91 Å². The molecular formula is C16H32N2O7. The Hall–Kier alpha value is -0.810. The molecule has 1 aliphatic heterocycles. The molecule has 0 spiro atoms. The molecule has 9 nitrogen and oxygen atoms in total. The molecule has 1 aliphatic rings. The summed E-state index contributed by atoms with van der Waals surface area (Å²) < 4.78 is 31.7. The molecule has 0 unspecified atom stereocenters. The van der Waals surface area contributed by atoms with E-state index in [2.05, 4.69) is 5.32 Å². The summed E-state index contributed by atoms with van der Waals surface area (Å²) in [4.78, 5) is 13.0. The molecule has 9 heteroatoms. The van der Waals surface area contributed by atoms with Crippen LogP contribution in [0.3, 0.4) is 0 Å². The summed E-state index contributed by atoms with van der Waals surface area (Å²) in [6.07, 6.45) is 0. The Morgan fingerprint density at radius 2 is 1.20 bits per heavy atom. The number of rotatable bonds is 18. The molecule has 0 aliphatic carbocycles. The van der Waals surface area contributed by atoms with Gasteiger partial charge in [-0.25, -0.2) is 0 Å². The third kappa shape index (κ3) is 14.1. The quantitative estimate of drug-likeness (QED) is 0.313. The summed E-state index contributed by atoms with van der Waals surface area (Å²) in [5.41, 5.74) is 0. The maximum atomic E-state index is 11.0. The molecule has 0 saturated carbocycles. The zero-order chi connectivity index (χ0) is 18.0. The zero-order valence-corrected chi connectivity index (χ0v) is 15.2. The molecule has 0 atom stereocenters. The number of ether oxygens (including phenoxy) is 6. The number of hydrogen-bond acceptors (Lipinski definition) is 8. The van der Waals surface area contributed by atoms with Crippen molar-refractivity contribution in [2.24, 2.45) is 0 Å². The first-order valence-corrected chi connectivity index (χ1v) is 8.69. The summed E-state index contributed by atoms with van der Waals surface area (Å²) >= 11 is 0. The number of nitrogens with one attached hydrogen (secondary N) is 1. The van der Waals surface area contributed by atoms with Crippen LogP contribution in [0.2, 0.25) is 0 Å². The van der Waals surface area contributed by atoms with Crippen LogP contribution in [0.15, 0.2) is 0 Å². The van der Waals surface area contributed by atoms with Crippen molar-refractivity contribution < 1.29 is 33.2 Å². The molecule has 1 fully saturated rings. The summed E-state index contributed by atoms with van der Waals surface area (Å²) in [5.74, 6) is 0.0733. The lowest BCUT2D eigenvalue weighted by Crippen LogP contribution is -2.26. The van der Waals surface area contributed by atoms with Gasteiger partial charge in [0.1, 0.15) is 0 Å². The predicted molar refractivity (Wildman–Crippen MR) is 90.6 cm³/mol. The Labute approximate surface area is 149 Å². The first kappa shape index (κ1) is 22.2. The average molecular weight is 364 g/mol. The van der Waals surface area contributed by atoms with E-state index in [1.54, 1.807) is 7.11 Å². The molecule has 148 valence electrons. The average Bonchev–Trinajstić information content (AvgIpc) is 3.03. The van der Waals surface area contributed by atoms with E-state index in [1.807, 2.05) is 4.90 Å². The third-order valence-corrected chi connectivity index (χ3v) is 3.34. The second kappa shape index (κ2) is 16.6. The van der Waals surface area contributed by atoms with Crippen LogP contribution >= 0.6 is 0 Å². The summed E-state index contributed by atoms with van der Waals surface area (Å²) in [6, 6.07) is 0. The van der Waals surface area contributed by atoms with Gasteiger partial charge in [-0.1, -0.05) is 0 Å². The Balaban J connectivity index is 1.66. The van der Waals surface area contributed by atoms with E-state index >= 15 is 0 Å². The van der Waals surface area contributed by atoms with E-state index in [1.165, 1.54) is 0 Å². The van der Waals surface area contributed by atoms with Crippen LogP contribution in [0, 0.1) is 0 Å². The SMILES string of the molecule is COCCOCCOCCOCCOCCOCCN1CNC(=O)C1. The van der Waals surface area contributed by atoms with Crippen LogP contribution in [-0.4, -0.2) is 110 Å². The Bertz CT molecular complexity index is 321. The van der Waals surface area contributed by atoms with Crippen molar-refractivity contribution in [1.82, 2.24) is 10.2 Å². The second-order valence-electron chi connectivity index (χ2n) is 5.37. The summed E-state index contributed by atoms with van der Waals surface area (Å²) in [7, 11) is 1.64. The minimum Gasteiger partial charge on any atom is -0.382 e. The molecule has 0 aromatic rings. The number of carbonyl (C=O) groups is 1. The number of carbonyl (C=O) groups excluding carboxylic acids is 1. The van der Waals surface area contributed by atoms with Crippen molar-refractivity contribution in [2.45, 2.75) is 0 Å². The van der Waals surface area contributed by atoms with E-state index in [9.17, 15) is 4.79 Å². The van der Waals surface area contributed by atoms with Gasteiger partial charge >= 0.3 is 0 Å². The zero-order valence-electron chi connectivity index (χ0n) is 15.2. The van der Waals surface area contributed by atoms with E-state index in [0.717, 1.165) is 6.54 Å². The van der Waals surface area contributed by atoms with Gasteiger partial charge in [0, 0.05) is 13.7 Å². The Kier molecular flexibility index (Phi) is 14.8. The molecule has 0 radical (unpaired) electrons. The van der Waals surface area contributed by atoms with Crippen LogP contribution in [-0.2, 0) is 33.2 Å². The monoisotopic (exact) mass is 364 g/mol. The fourth-order valence-corrected chi connectivity index (χ4v) is 1.99. The predicted octanol–water partition coefficient (Wildman–Crippen LogP) is -0.895. The number of amides is 1. The number of hydrogen-bond donors (Lipinski definition) is 1. The van der Waals surface area contributed by atoms with Gasteiger partial charge in [0.25, 0.3) is 0 Å². The van der Waals surface area contributed by atoms with Gasteiger partial charge in [-0.05, 0) is 0 Å². The molecule has 1 rings (SSSR count). The van der Waals surface area contributed by atoms with E-state index in [-0.39, 0.29) is 5.91 Å². The van der Waals surface area contributed by atoms with Crippen LogP contribution in [0.25, 0.3) is 0 Å². The Morgan fingerprint density at radius 1 is 0.760 bits per heavy atom. The molecule has 0 bridgehead atoms. The minimum absolute atomic E-state index is 0.0733. The minimum atomic E-state index is 0.0733. The fourth-order valence-electron chi connectivity index (χ4n) is 1.99. The van der Waals surface area contributed by atoms with Crippen LogP contribution in [0.4, 0.5) is 0 Å². The van der Waals surface area contributed by atoms with Crippen molar-refractivity contribution in [2.75, 3.05) is 99.5 Å². The maximum Gasteiger partial charge on any atom is 0.235 e. The van der Waals surface area contributed by atoms with Crippen molar-refractivity contribution >= 4 is 5.91 Å². The largest absolute Gasteiger partial charge is 0.382 e. The summed E-state index contributed by atoms with van der Waals surface area (Å²) in [5, 5.41) is 2.75. The van der Waals surface area contributed by atoms with E-state index in [0.29, 0.717) is 85.9 Å². The maximum absolute atomic E-state index is 11.0. The summed E-state index contributed by atoms with van der Waals surface area (Å²) in [6.45, 7) is 7.98. The molecule has 1 saturated heterocycles. The lowest BCUT2D eigenvalue weighted by atomic mass is 10.5. The highest BCUT2D eigenvalue weighted by molar-refractivity contribution is 5.79. The third-order valence-electron chi connectivity index (χ3n) is 3.34. The van der Waals surface area contributed by atoms with Crippen LogP contribution in [0.5, 0.6) is 0 Å². The molecule has 1 heterocycles. The lowest BCUT2D eigenvalue weighted by Gasteiger charge is -2.12. The lowest BCUT2D eigenvalue weighted by molar-refractivity contribution is -0.118. The molecular weight excluding hydrogens is 332 g/mol.